The Morgan fingerprint density at radius 3 is 2.56 bits per heavy atom. The van der Waals surface area contributed by atoms with Crippen molar-refractivity contribution in [3.63, 3.8) is 0 Å². The number of hydrogen-bond donors (Lipinski definition) is 1. The van der Waals surface area contributed by atoms with Crippen LogP contribution in [-0.4, -0.2) is 85.3 Å². The van der Waals surface area contributed by atoms with E-state index in [4.69, 9.17) is 9.47 Å². The molecule has 1 unspecified atom stereocenters. The van der Waals surface area contributed by atoms with Crippen molar-refractivity contribution in [2.24, 2.45) is 5.41 Å². The van der Waals surface area contributed by atoms with Crippen LogP contribution in [0.2, 0.25) is 0 Å². The highest BCUT2D eigenvalue weighted by Crippen LogP contribution is 2.41. The maximum absolute atomic E-state index is 16.4. The van der Waals surface area contributed by atoms with E-state index in [1.165, 1.54) is 0 Å². The molecule has 43 heavy (non-hydrogen) atoms. The second-order valence-electron chi connectivity index (χ2n) is 11.5. The fourth-order valence-corrected chi connectivity index (χ4v) is 7.08. The molecule has 3 heterocycles. The number of piperidine rings is 1. The third-order valence-electron chi connectivity index (χ3n) is 8.82. The molecule has 2 saturated heterocycles. The number of methoxy groups -OCH3 is 1. The van der Waals surface area contributed by atoms with Gasteiger partial charge in [0.15, 0.2) is 11.6 Å². The molecule has 1 atom stereocenters. The first kappa shape index (κ1) is 32.0. The van der Waals surface area contributed by atoms with E-state index in [1.54, 1.807) is 13.3 Å². The molecule has 234 valence electrons. The van der Waals surface area contributed by atoms with Crippen LogP contribution in [0.15, 0.2) is 41.4 Å². The molecular formula is C32H39F4N3O3S. The molecule has 5 rings (SSSR count). The number of aliphatic hydroxyl groups excluding tert-OH is 1. The Kier molecular flexibility index (Phi) is 10.8. The zero-order valence-corrected chi connectivity index (χ0v) is 25.3. The zero-order valence-electron chi connectivity index (χ0n) is 24.5. The van der Waals surface area contributed by atoms with Crippen molar-refractivity contribution >= 4 is 22.7 Å². The Morgan fingerprint density at radius 2 is 1.84 bits per heavy atom. The third kappa shape index (κ3) is 7.81. The van der Waals surface area contributed by atoms with Crippen molar-refractivity contribution in [2.75, 3.05) is 65.4 Å². The van der Waals surface area contributed by atoms with E-state index in [9.17, 15) is 18.3 Å². The number of hydrogen-bond acceptors (Lipinski definition) is 7. The van der Waals surface area contributed by atoms with Crippen molar-refractivity contribution in [2.45, 2.75) is 43.3 Å². The van der Waals surface area contributed by atoms with Crippen LogP contribution in [0, 0.1) is 22.9 Å². The minimum atomic E-state index is -1.24. The number of pyridine rings is 1. The van der Waals surface area contributed by atoms with E-state index < -0.39 is 29.0 Å². The summed E-state index contributed by atoms with van der Waals surface area (Å²) in [6.45, 7) is 5.45. The Balaban J connectivity index is 1.22. The summed E-state index contributed by atoms with van der Waals surface area (Å²) < 4.78 is 68.3. The summed E-state index contributed by atoms with van der Waals surface area (Å²) in [6, 6.07) is 7.09. The first-order valence-electron chi connectivity index (χ1n) is 14.8. The highest BCUT2D eigenvalue weighted by Gasteiger charge is 2.35. The summed E-state index contributed by atoms with van der Waals surface area (Å²) in [7, 11) is 1.59. The van der Waals surface area contributed by atoms with Gasteiger partial charge in [-0.3, -0.25) is 9.88 Å². The molecule has 2 aliphatic heterocycles. The number of alkyl halides is 1. The first-order chi connectivity index (χ1) is 20.8. The lowest BCUT2D eigenvalue weighted by Gasteiger charge is -2.41. The van der Waals surface area contributed by atoms with E-state index in [0.29, 0.717) is 87.3 Å². The summed E-state index contributed by atoms with van der Waals surface area (Å²) >= 11 is 1.08. The summed E-state index contributed by atoms with van der Waals surface area (Å²) in [5, 5.41) is 11.2. The number of thioether (sulfide) groups is 1. The second kappa shape index (κ2) is 14.6. The van der Waals surface area contributed by atoms with E-state index in [2.05, 4.69) is 14.8 Å². The van der Waals surface area contributed by atoms with Crippen LogP contribution < -0.4 is 4.74 Å². The average Bonchev–Trinajstić information content (AvgIpc) is 3.03. The number of benzene rings is 2. The Hall–Kier alpha value is -2.44. The fourth-order valence-electron chi connectivity index (χ4n) is 6.09. The van der Waals surface area contributed by atoms with Gasteiger partial charge in [-0.25, -0.2) is 17.6 Å². The van der Waals surface area contributed by atoms with Crippen LogP contribution in [-0.2, 0) is 11.3 Å². The molecule has 1 N–H and O–H groups in total. The SMILES string of the molecule is COc1ccc2ncc(CN3CCOCC3)c(C(F)CCC3(CO)CCN(CCSc4cc(F)cc(F)c4F)CC3)c2c1. The highest BCUT2D eigenvalue weighted by molar-refractivity contribution is 7.99. The number of rotatable bonds is 12. The monoisotopic (exact) mass is 621 g/mol. The molecule has 6 nitrogen and oxygen atoms in total. The molecule has 0 spiro atoms. The van der Waals surface area contributed by atoms with Gasteiger partial charge in [0, 0.05) is 66.6 Å². The first-order valence-corrected chi connectivity index (χ1v) is 15.8. The molecule has 2 aromatic carbocycles. The van der Waals surface area contributed by atoms with Gasteiger partial charge in [-0.05, 0) is 74.0 Å². The Labute approximate surface area is 254 Å². The minimum Gasteiger partial charge on any atom is -0.497 e. The molecule has 0 amide bonds. The van der Waals surface area contributed by atoms with Gasteiger partial charge in [0.05, 0.1) is 25.8 Å². The number of morpholine rings is 1. The molecule has 0 aliphatic carbocycles. The van der Waals surface area contributed by atoms with Crippen LogP contribution in [0.25, 0.3) is 10.9 Å². The molecule has 0 bridgehead atoms. The molecule has 0 saturated carbocycles. The Morgan fingerprint density at radius 1 is 1.07 bits per heavy atom. The number of fused-ring (bicyclic) bond motifs is 1. The fraction of sp³-hybridized carbons (Fsp3) is 0.531. The lowest BCUT2D eigenvalue weighted by molar-refractivity contribution is 0.0311. The van der Waals surface area contributed by atoms with E-state index >= 15 is 4.39 Å². The van der Waals surface area contributed by atoms with Gasteiger partial charge in [-0.1, -0.05) is 0 Å². The number of halogens is 4. The Bertz CT molecular complexity index is 1380. The molecule has 2 aliphatic rings. The number of ether oxygens (including phenoxy) is 2. The molecule has 1 aromatic heterocycles. The van der Waals surface area contributed by atoms with Crippen molar-refractivity contribution in [3.05, 3.63) is 65.1 Å². The van der Waals surface area contributed by atoms with Gasteiger partial charge < -0.3 is 19.5 Å². The van der Waals surface area contributed by atoms with Gasteiger partial charge >= 0.3 is 0 Å². The van der Waals surface area contributed by atoms with Crippen molar-refractivity contribution in [1.29, 1.82) is 0 Å². The highest BCUT2D eigenvalue weighted by atomic mass is 32.2. The summed E-state index contributed by atoms with van der Waals surface area (Å²) in [4.78, 5) is 9.04. The van der Waals surface area contributed by atoms with Gasteiger partial charge in [0.1, 0.15) is 17.7 Å². The normalized spacial score (nSPS) is 18.7. The van der Waals surface area contributed by atoms with E-state index in [0.717, 1.165) is 41.9 Å². The van der Waals surface area contributed by atoms with Crippen LogP contribution in [0.3, 0.4) is 0 Å². The van der Waals surface area contributed by atoms with E-state index in [-0.39, 0.29) is 17.9 Å². The van der Waals surface area contributed by atoms with Crippen molar-refractivity contribution in [3.8, 4) is 5.75 Å². The summed E-state index contributed by atoms with van der Waals surface area (Å²) in [5.74, 6) is -1.90. The molecule has 3 aromatic rings. The standard InChI is InChI=1S/C32H39F4N3O3S/c1-41-24-2-3-28-25(18-24)30(22(19-37-28)20-39-10-13-42-14-11-39)26(34)4-5-32(21-40)6-8-38(9-7-32)12-15-43-29-17-23(33)16-27(35)31(29)36/h2-3,16-19,26,40H,4-15,20-21H2,1H3. The predicted octanol–water partition coefficient (Wildman–Crippen LogP) is 6.15. The van der Waals surface area contributed by atoms with Crippen LogP contribution in [0.5, 0.6) is 5.75 Å². The summed E-state index contributed by atoms with van der Waals surface area (Å²) in [5.41, 5.74) is 1.82. The maximum atomic E-state index is 16.4. The molecule has 0 radical (unpaired) electrons. The quantitative estimate of drug-likeness (QED) is 0.148. The average molecular weight is 622 g/mol. The van der Waals surface area contributed by atoms with Crippen LogP contribution in [0.1, 0.15) is 43.0 Å². The van der Waals surface area contributed by atoms with Crippen molar-refractivity contribution < 1.29 is 32.1 Å². The topological polar surface area (TPSA) is 58.1 Å². The maximum Gasteiger partial charge on any atom is 0.172 e. The number of likely N-dealkylation sites (tertiary alicyclic amines) is 1. The minimum absolute atomic E-state index is 0.0261. The van der Waals surface area contributed by atoms with Gasteiger partial charge in [0.2, 0.25) is 0 Å². The lowest BCUT2D eigenvalue weighted by atomic mass is 9.74. The summed E-state index contributed by atoms with van der Waals surface area (Å²) in [6.07, 6.45) is 2.76. The number of aliphatic hydroxyl groups is 1. The molecule has 11 heteroatoms. The van der Waals surface area contributed by atoms with Gasteiger partial charge in [-0.15, -0.1) is 11.8 Å². The van der Waals surface area contributed by atoms with Gasteiger partial charge in [0.25, 0.3) is 0 Å². The number of nitrogens with zero attached hydrogens (tertiary/aromatic N) is 3. The van der Waals surface area contributed by atoms with Crippen LogP contribution in [0.4, 0.5) is 17.6 Å². The third-order valence-corrected chi connectivity index (χ3v) is 9.81. The lowest BCUT2D eigenvalue weighted by Crippen LogP contribution is -2.43. The smallest absolute Gasteiger partial charge is 0.172 e. The second-order valence-corrected chi connectivity index (χ2v) is 12.7. The van der Waals surface area contributed by atoms with E-state index in [1.807, 2.05) is 18.2 Å². The zero-order chi connectivity index (χ0) is 30.4. The number of aromatic nitrogens is 1. The van der Waals surface area contributed by atoms with Gasteiger partial charge in [-0.2, -0.15) is 0 Å². The van der Waals surface area contributed by atoms with Crippen LogP contribution >= 0.6 is 11.8 Å². The largest absolute Gasteiger partial charge is 0.497 e. The molecule has 2 fully saturated rings. The molecular weight excluding hydrogens is 582 g/mol. The predicted molar refractivity (Wildman–Crippen MR) is 160 cm³/mol. The van der Waals surface area contributed by atoms with Crippen molar-refractivity contribution in [1.82, 2.24) is 14.8 Å².